The zero-order valence-electron chi connectivity index (χ0n) is 17.5. The highest BCUT2D eigenvalue weighted by Crippen LogP contribution is 2.55. The summed E-state index contributed by atoms with van der Waals surface area (Å²) >= 11 is 0. The van der Waals surface area contributed by atoms with Gasteiger partial charge in [-0.1, -0.05) is 18.2 Å². The van der Waals surface area contributed by atoms with Crippen molar-refractivity contribution in [2.45, 2.75) is 64.0 Å². The predicted octanol–water partition coefficient (Wildman–Crippen LogP) is 4.28. The van der Waals surface area contributed by atoms with Crippen LogP contribution >= 0.6 is 0 Å². The van der Waals surface area contributed by atoms with Gasteiger partial charge in [0.1, 0.15) is 5.76 Å². The molecule has 0 radical (unpaired) electrons. The standard InChI is InChI=1S/C24H28N2O4/c1-14-20(25-22(29-14)19-6-4-3-5-7-19)23(28)30-15(2)21(27)26-24-11-16-8-17(12-24)10-18(9-16)13-24/h3-7,15-18H,8-13H2,1-2H3,(H,26,27)/t15-,16?,17?,18?,24?/m0/s1. The van der Waals surface area contributed by atoms with Crippen LogP contribution in [0.2, 0.25) is 0 Å². The van der Waals surface area contributed by atoms with E-state index >= 15 is 0 Å². The SMILES string of the molecule is Cc1oc(-c2ccccc2)nc1C(=O)O[C@@H](C)C(=O)NC12CC3CC(CC(C3)C1)C2. The zero-order valence-corrected chi connectivity index (χ0v) is 17.5. The van der Waals surface area contributed by atoms with Gasteiger partial charge in [0.25, 0.3) is 5.91 Å². The molecule has 1 aromatic heterocycles. The zero-order chi connectivity index (χ0) is 20.9. The van der Waals surface area contributed by atoms with Crippen LogP contribution in [0.25, 0.3) is 11.5 Å². The lowest BCUT2D eigenvalue weighted by Crippen LogP contribution is -2.61. The molecule has 6 heteroatoms. The fraction of sp³-hybridized carbons (Fsp3) is 0.542. The Morgan fingerprint density at radius 1 is 1.10 bits per heavy atom. The molecule has 158 valence electrons. The lowest BCUT2D eigenvalue weighted by molar-refractivity contribution is -0.134. The van der Waals surface area contributed by atoms with E-state index in [1.165, 1.54) is 19.3 Å². The molecule has 0 spiro atoms. The van der Waals surface area contributed by atoms with E-state index in [1.54, 1.807) is 13.8 Å². The highest BCUT2D eigenvalue weighted by atomic mass is 16.5. The number of carbonyl (C=O) groups is 2. The topological polar surface area (TPSA) is 81.4 Å². The quantitative estimate of drug-likeness (QED) is 0.747. The van der Waals surface area contributed by atoms with E-state index in [2.05, 4.69) is 10.3 Å². The number of esters is 1. The average Bonchev–Trinajstić information content (AvgIpc) is 3.09. The molecule has 4 saturated carbocycles. The molecule has 1 N–H and O–H groups in total. The molecule has 1 aromatic carbocycles. The van der Waals surface area contributed by atoms with Crippen molar-refractivity contribution in [2.24, 2.45) is 17.8 Å². The summed E-state index contributed by atoms with van der Waals surface area (Å²) in [6.07, 6.45) is 6.26. The van der Waals surface area contributed by atoms with Crippen LogP contribution in [0.4, 0.5) is 0 Å². The average molecular weight is 408 g/mol. The van der Waals surface area contributed by atoms with Gasteiger partial charge in [0.15, 0.2) is 11.8 Å². The molecular formula is C24H28N2O4. The third-order valence-electron chi connectivity index (χ3n) is 7.09. The maximum Gasteiger partial charge on any atom is 0.361 e. The number of nitrogens with zero attached hydrogens (tertiary/aromatic N) is 1. The van der Waals surface area contributed by atoms with Crippen molar-refractivity contribution in [2.75, 3.05) is 0 Å². The largest absolute Gasteiger partial charge is 0.448 e. The summed E-state index contributed by atoms with van der Waals surface area (Å²) in [5.41, 5.74) is 0.798. The van der Waals surface area contributed by atoms with Gasteiger partial charge in [0.05, 0.1) is 0 Å². The minimum Gasteiger partial charge on any atom is -0.448 e. The van der Waals surface area contributed by atoms with Crippen LogP contribution in [0, 0.1) is 24.7 Å². The molecule has 4 aliphatic rings. The first-order valence-electron chi connectivity index (χ1n) is 11.0. The second-order valence-corrected chi connectivity index (χ2v) is 9.52. The summed E-state index contributed by atoms with van der Waals surface area (Å²) in [6, 6.07) is 9.38. The number of hydrogen-bond acceptors (Lipinski definition) is 5. The number of oxazole rings is 1. The summed E-state index contributed by atoms with van der Waals surface area (Å²) < 4.78 is 11.1. The summed E-state index contributed by atoms with van der Waals surface area (Å²) in [4.78, 5) is 29.8. The van der Waals surface area contributed by atoms with Crippen molar-refractivity contribution in [3.05, 3.63) is 41.8 Å². The van der Waals surface area contributed by atoms with E-state index in [1.807, 2.05) is 30.3 Å². The number of amides is 1. The minimum absolute atomic E-state index is 0.100. The molecule has 1 amide bonds. The molecule has 4 fully saturated rings. The highest BCUT2D eigenvalue weighted by molar-refractivity contribution is 5.92. The number of carbonyl (C=O) groups excluding carboxylic acids is 2. The minimum atomic E-state index is -0.873. The van der Waals surface area contributed by atoms with Crippen molar-refractivity contribution in [1.82, 2.24) is 10.3 Å². The van der Waals surface area contributed by atoms with E-state index in [0.717, 1.165) is 42.6 Å². The number of ether oxygens (including phenoxy) is 1. The molecule has 1 atom stereocenters. The van der Waals surface area contributed by atoms with Gasteiger partial charge >= 0.3 is 5.97 Å². The van der Waals surface area contributed by atoms with Gasteiger partial charge in [-0.3, -0.25) is 4.79 Å². The Morgan fingerprint density at radius 3 is 2.30 bits per heavy atom. The molecule has 6 nitrogen and oxygen atoms in total. The number of nitrogens with one attached hydrogen (secondary N) is 1. The van der Waals surface area contributed by atoms with E-state index in [9.17, 15) is 9.59 Å². The third-order valence-corrected chi connectivity index (χ3v) is 7.09. The number of rotatable bonds is 5. The van der Waals surface area contributed by atoms with Crippen LogP contribution in [0.1, 0.15) is 61.7 Å². The molecule has 2 aromatic rings. The lowest BCUT2D eigenvalue weighted by Gasteiger charge is -2.57. The third kappa shape index (κ3) is 3.53. The van der Waals surface area contributed by atoms with Crippen molar-refractivity contribution in [3.63, 3.8) is 0 Å². The number of aryl methyl sites for hydroxylation is 1. The summed E-state index contributed by atoms with van der Waals surface area (Å²) in [7, 11) is 0. The molecule has 6 rings (SSSR count). The van der Waals surface area contributed by atoms with Gasteiger partial charge in [-0.05, 0) is 82.3 Å². The Balaban J connectivity index is 1.24. The fourth-order valence-electron chi connectivity index (χ4n) is 6.19. The van der Waals surface area contributed by atoms with Gasteiger partial charge in [0, 0.05) is 11.1 Å². The van der Waals surface area contributed by atoms with Gasteiger partial charge in [0.2, 0.25) is 5.89 Å². The normalized spacial score (nSPS) is 30.1. The van der Waals surface area contributed by atoms with Gasteiger partial charge in [-0.15, -0.1) is 0 Å². The Kier molecular flexibility index (Phi) is 4.68. The van der Waals surface area contributed by atoms with Crippen LogP contribution in [0.15, 0.2) is 34.7 Å². The first kappa shape index (κ1) is 19.3. The fourth-order valence-corrected chi connectivity index (χ4v) is 6.19. The molecule has 4 bridgehead atoms. The number of benzene rings is 1. The summed E-state index contributed by atoms with van der Waals surface area (Å²) in [5.74, 6) is 2.12. The second-order valence-electron chi connectivity index (χ2n) is 9.52. The Hall–Kier alpha value is -2.63. The summed E-state index contributed by atoms with van der Waals surface area (Å²) in [5, 5.41) is 3.27. The van der Waals surface area contributed by atoms with Gasteiger partial charge < -0.3 is 14.5 Å². The molecular weight excluding hydrogens is 380 g/mol. The van der Waals surface area contributed by atoms with Crippen molar-refractivity contribution in [3.8, 4) is 11.5 Å². The van der Waals surface area contributed by atoms with E-state index in [4.69, 9.17) is 9.15 Å². The predicted molar refractivity (Wildman–Crippen MR) is 111 cm³/mol. The van der Waals surface area contributed by atoms with Crippen molar-refractivity contribution < 1.29 is 18.7 Å². The first-order valence-corrected chi connectivity index (χ1v) is 11.0. The van der Waals surface area contributed by atoms with Gasteiger partial charge in [-0.25, -0.2) is 9.78 Å². The molecule has 0 aliphatic heterocycles. The maximum atomic E-state index is 12.9. The summed E-state index contributed by atoms with van der Waals surface area (Å²) in [6.45, 7) is 3.30. The number of aromatic nitrogens is 1. The Bertz CT molecular complexity index is 930. The first-order chi connectivity index (χ1) is 14.4. The van der Waals surface area contributed by atoms with Crippen LogP contribution < -0.4 is 5.32 Å². The molecule has 4 aliphatic carbocycles. The van der Waals surface area contributed by atoms with Crippen LogP contribution in [0.3, 0.4) is 0 Å². The smallest absolute Gasteiger partial charge is 0.361 e. The molecule has 30 heavy (non-hydrogen) atoms. The molecule has 1 heterocycles. The van der Waals surface area contributed by atoms with Crippen molar-refractivity contribution >= 4 is 11.9 Å². The second kappa shape index (κ2) is 7.25. The van der Waals surface area contributed by atoms with Crippen LogP contribution in [0.5, 0.6) is 0 Å². The number of hydrogen-bond donors (Lipinski definition) is 1. The molecule has 0 unspecified atom stereocenters. The van der Waals surface area contributed by atoms with E-state index in [-0.39, 0.29) is 17.1 Å². The highest BCUT2D eigenvalue weighted by Gasteiger charge is 2.51. The van der Waals surface area contributed by atoms with E-state index in [0.29, 0.717) is 11.7 Å². The van der Waals surface area contributed by atoms with Crippen LogP contribution in [-0.2, 0) is 9.53 Å². The Morgan fingerprint density at radius 2 is 1.70 bits per heavy atom. The Labute approximate surface area is 176 Å². The monoisotopic (exact) mass is 408 g/mol. The maximum absolute atomic E-state index is 12.9. The van der Waals surface area contributed by atoms with Crippen molar-refractivity contribution in [1.29, 1.82) is 0 Å². The molecule has 0 saturated heterocycles. The van der Waals surface area contributed by atoms with E-state index < -0.39 is 12.1 Å². The van der Waals surface area contributed by atoms with Crippen LogP contribution in [-0.4, -0.2) is 28.5 Å². The lowest BCUT2D eigenvalue weighted by atomic mass is 9.53. The van der Waals surface area contributed by atoms with Gasteiger partial charge in [-0.2, -0.15) is 0 Å².